The standard InChI is InChI=1S/C17H16F3NOS/c18-17(19,20)14-8-6-13(7-9-14)12-16(22)21-10-11-23-15-4-2-1-3-5-15/h1-9H,10-12H2,(H,21,22). The third-order valence-corrected chi connectivity index (χ3v) is 4.10. The van der Waals surface area contributed by atoms with Gasteiger partial charge >= 0.3 is 6.18 Å². The Morgan fingerprint density at radius 2 is 1.65 bits per heavy atom. The minimum Gasteiger partial charge on any atom is -0.355 e. The van der Waals surface area contributed by atoms with Gasteiger partial charge in [0.1, 0.15) is 0 Å². The molecule has 23 heavy (non-hydrogen) atoms. The Hall–Kier alpha value is -1.95. The fourth-order valence-electron chi connectivity index (χ4n) is 1.94. The smallest absolute Gasteiger partial charge is 0.355 e. The quantitative estimate of drug-likeness (QED) is 0.633. The molecular formula is C17H16F3NOS. The number of hydrogen-bond donors (Lipinski definition) is 1. The van der Waals surface area contributed by atoms with Crippen LogP contribution in [-0.4, -0.2) is 18.2 Å². The van der Waals surface area contributed by atoms with Crippen molar-refractivity contribution in [2.75, 3.05) is 12.3 Å². The average molecular weight is 339 g/mol. The summed E-state index contributed by atoms with van der Waals surface area (Å²) in [6.45, 7) is 0.513. The molecule has 2 rings (SSSR count). The molecule has 0 saturated carbocycles. The molecule has 2 nitrogen and oxygen atoms in total. The summed E-state index contributed by atoms with van der Waals surface area (Å²) in [5.41, 5.74) is -0.146. The van der Waals surface area contributed by atoms with E-state index in [-0.39, 0.29) is 12.3 Å². The summed E-state index contributed by atoms with van der Waals surface area (Å²) in [7, 11) is 0. The van der Waals surface area contributed by atoms with Crippen molar-refractivity contribution in [1.82, 2.24) is 5.32 Å². The van der Waals surface area contributed by atoms with Crippen LogP contribution in [0.2, 0.25) is 0 Å². The van der Waals surface area contributed by atoms with Crippen molar-refractivity contribution >= 4 is 17.7 Å². The van der Waals surface area contributed by atoms with Gasteiger partial charge in [0.2, 0.25) is 5.91 Å². The Morgan fingerprint density at radius 1 is 1.00 bits per heavy atom. The van der Waals surface area contributed by atoms with Crippen molar-refractivity contribution in [3.8, 4) is 0 Å². The number of benzene rings is 2. The first-order valence-corrected chi connectivity index (χ1v) is 8.04. The molecule has 1 amide bonds. The average Bonchev–Trinajstić information content (AvgIpc) is 2.52. The molecule has 0 spiro atoms. The van der Waals surface area contributed by atoms with Gasteiger partial charge in [-0.25, -0.2) is 0 Å². The van der Waals surface area contributed by atoms with Crippen LogP contribution in [0.25, 0.3) is 0 Å². The lowest BCUT2D eigenvalue weighted by Gasteiger charge is -2.08. The zero-order valence-corrected chi connectivity index (χ0v) is 13.1. The Bertz CT molecular complexity index is 627. The third kappa shape index (κ3) is 5.98. The second-order valence-electron chi connectivity index (χ2n) is 4.88. The molecule has 2 aromatic carbocycles. The topological polar surface area (TPSA) is 29.1 Å². The van der Waals surface area contributed by atoms with Crippen LogP contribution >= 0.6 is 11.8 Å². The molecule has 0 aliphatic carbocycles. The highest BCUT2D eigenvalue weighted by atomic mass is 32.2. The molecule has 0 fully saturated rings. The first-order valence-electron chi connectivity index (χ1n) is 7.06. The highest BCUT2D eigenvalue weighted by Gasteiger charge is 2.29. The van der Waals surface area contributed by atoms with E-state index in [0.717, 1.165) is 22.8 Å². The van der Waals surface area contributed by atoms with Crippen molar-refractivity contribution in [2.24, 2.45) is 0 Å². The van der Waals surface area contributed by atoms with Gasteiger partial charge < -0.3 is 5.32 Å². The molecule has 0 aliphatic heterocycles. The van der Waals surface area contributed by atoms with Crippen LogP contribution in [0.15, 0.2) is 59.5 Å². The Kier molecular flexibility index (Phi) is 6.10. The van der Waals surface area contributed by atoms with E-state index in [9.17, 15) is 18.0 Å². The first-order chi connectivity index (χ1) is 10.9. The normalized spacial score (nSPS) is 11.3. The van der Waals surface area contributed by atoms with E-state index >= 15 is 0 Å². The van der Waals surface area contributed by atoms with Crippen molar-refractivity contribution in [3.05, 3.63) is 65.7 Å². The summed E-state index contributed by atoms with van der Waals surface area (Å²) in [6.07, 6.45) is -4.27. The predicted octanol–water partition coefficient (Wildman–Crippen LogP) is 4.16. The van der Waals surface area contributed by atoms with E-state index in [1.54, 1.807) is 11.8 Å². The number of hydrogen-bond acceptors (Lipinski definition) is 2. The number of amides is 1. The molecule has 0 saturated heterocycles. The van der Waals surface area contributed by atoms with E-state index < -0.39 is 11.7 Å². The minimum absolute atomic E-state index is 0.0775. The summed E-state index contributed by atoms with van der Waals surface area (Å²) in [5.74, 6) is 0.543. The molecule has 2 aromatic rings. The number of carbonyl (C=O) groups excluding carboxylic acids is 1. The lowest BCUT2D eigenvalue weighted by atomic mass is 10.1. The maximum atomic E-state index is 12.4. The molecule has 0 radical (unpaired) electrons. The predicted molar refractivity (Wildman–Crippen MR) is 85.3 cm³/mol. The van der Waals surface area contributed by atoms with Gasteiger partial charge in [0, 0.05) is 17.2 Å². The molecule has 0 heterocycles. The second-order valence-corrected chi connectivity index (χ2v) is 6.05. The van der Waals surface area contributed by atoms with Gasteiger partial charge in [0.25, 0.3) is 0 Å². The largest absolute Gasteiger partial charge is 0.416 e. The molecule has 122 valence electrons. The summed E-state index contributed by atoms with van der Waals surface area (Å²) < 4.78 is 37.3. The molecule has 0 aromatic heterocycles. The van der Waals surface area contributed by atoms with Crippen molar-refractivity contribution in [2.45, 2.75) is 17.5 Å². The van der Waals surface area contributed by atoms with E-state index in [1.165, 1.54) is 12.1 Å². The van der Waals surface area contributed by atoms with Crippen molar-refractivity contribution in [1.29, 1.82) is 0 Å². The van der Waals surface area contributed by atoms with Gasteiger partial charge in [0.15, 0.2) is 0 Å². The number of rotatable bonds is 6. The van der Waals surface area contributed by atoms with Crippen LogP contribution in [0, 0.1) is 0 Å². The molecule has 0 bridgehead atoms. The molecule has 6 heteroatoms. The fourth-order valence-corrected chi connectivity index (χ4v) is 2.72. The van der Waals surface area contributed by atoms with Crippen LogP contribution in [0.4, 0.5) is 13.2 Å². The summed E-state index contributed by atoms with van der Waals surface area (Å²) >= 11 is 1.63. The van der Waals surface area contributed by atoms with Gasteiger partial charge in [0.05, 0.1) is 12.0 Å². The molecular weight excluding hydrogens is 323 g/mol. The Balaban J connectivity index is 1.72. The van der Waals surface area contributed by atoms with Crippen molar-refractivity contribution < 1.29 is 18.0 Å². The SMILES string of the molecule is O=C(Cc1ccc(C(F)(F)F)cc1)NCCSc1ccccc1. The van der Waals surface area contributed by atoms with Crippen LogP contribution in [-0.2, 0) is 17.4 Å². The van der Waals surface area contributed by atoms with Crippen LogP contribution in [0.5, 0.6) is 0 Å². The first kappa shape index (κ1) is 17.4. The zero-order valence-electron chi connectivity index (χ0n) is 12.3. The number of alkyl halides is 3. The zero-order chi connectivity index (χ0) is 16.7. The van der Waals surface area contributed by atoms with Crippen LogP contribution < -0.4 is 5.32 Å². The fraction of sp³-hybridized carbons (Fsp3) is 0.235. The van der Waals surface area contributed by atoms with Gasteiger partial charge in [-0.3, -0.25) is 4.79 Å². The summed E-state index contributed by atoms with van der Waals surface area (Å²) in [5, 5.41) is 2.76. The van der Waals surface area contributed by atoms with Crippen LogP contribution in [0.3, 0.4) is 0 Å². The molecule has 0 aliphatic rings. The maximum Gasteiger partial charge on any atom is 0.416 e. The molecule has 1 N–H and O–H groups in total. The van der Waals surface area contributed by atoms with Gasteiger partial charge in [-0.2, -0.15) is 13.2 Å². The molecule has 0 atom stereocenters. The number of thioether (sulfide) groups is 1. The third-order valence-electron chi connectivity index (χ3n) is 3.08. The van der Waals surface area contributed by atoms with E-state index in [2.05, 4.69) is 5.32 Å². The lowest BCUT2D eigenvalue weighted by Crippen LogP contribution is -2.27. The van der Waals surface area contributed by atoms with Gasteiger partial charge in [-0.1, -0.05) is 30.3 Å². The lowest BCUT2D eigenvalue weighted by molar-refractivity contribution is -0.137. The van der Waals surface area contributed by atoms with Gasteiger partial charge in [-0.05, 0) is 29.8 Å². The number of nitrogens with one attached hydrogen (secondary N) is 1. The monoisotopic (exact) mass is 339 g/mol. The van der Waals surface area contributed by atoms with Crippen LogP contribution in [0.1, 0.15) is 11.1 Å². The minimum atomic E-state index is -4.35. The number of carbonyl (C=O) groups is 1. The highest BCUT2D eigenvalue weighted by molar-refractivity contribution is 7.99. The number of halogens is 3. The Morgan fingerprint density at radius 3 is 2.26 bits per heavy atom. The maximum absolute atomic E-state index is 12.4. The van der Waals surface area contributed by atoms with Crippen molar-refractivity contribution in [3.63, 3.8) is 0 Å². The molecule has 0 unspecified atom stereocenters. The van der Waals surface area contributed by atoms with E-state index in [1.807, 2.05) is 30.3 Å². The second kappa shape index (κ2) is 8.06. The Labute approximate surface area is 137 Å². The van der Waals surface area contributed by atoms with Gasteiger partial charge in [-0.15, -0.1) is 11.8 Å². The summed E-state index contributed by atoms with van der Waals surface area (Å²) in [6, 6.07) is 14.5. The van der Waals surface area contributed by atoms with E-state index in [0.29, 0.717) is 12.1 Å². The van der Waals surface area contributed by atoms with E-state index in [4.69, 9.17) is 0 Å². The summed E-state index contributed by atoms with van der Waals surface area (Å²) in [4.78, 5) is 12.9. The highest BCUT2D eigenvalue weighted by Crippen LogP contribution is 2.29.